The van der Waals surface area contributed by atoms with Crippen molar-refractivity contribution in [2.75, 3.05) is 16.3 Å². The van der Waals surface area contributed by atoms with Gasteiger partial charge >= 0.3 is 0 Å². The Balaban J connectivity index is 1.79. The van der Waals surface area contributed by atoms with Gasteiger partial charge in [0.15, 0.2) is 5.78 Å². The van der Waals surface area contributed by atoms with Gasteiger partial charge in [0.2, 0.25) is 5.91 Å². The molecule has 3 aliphatic rings. The Bertz CT molecular complexity index is 1580. The Labute approximate surface area is 220 Å². The van der Waals surface area contributed by atoms with Crippen LogP contribution in [0.1, 0.15) is 24.8 Å². The summed E-state index contributed by atoms with van der Waals surface area (Å²) in [5.41, 5.74) is 1.84. The Hall–Kier alpha value is -4.34. The maximum Gasteiger partial charge on any atom is 0.248 e. The minimum Gasteiger partial charge on any atom is -0.309 e. The van der Waals surface area contributed by atoms with Crippen molar-refractivity contribution in [3.05, 3.63) is 113 Å². The van der Waals surface area contributed by atoms with Crippen LogP contribution in [0.5, 0.6) is 0 Å². The quantitative estimate of drug-likeness (QED) is 0.417. The number of carbonyl (C=O) groups excluding carboxylic acids is 2. The molecule has 37 heavy (non-hydrogen) atoms. The lowest BCUT2D eigenvalue weighted by Crippen LogP contribution is -2.51. The molecule has 7 heteroatoms. The molecule has 1 aliphatic carbocycles. The number of allylic oxidation sites excluding steroid dienone is 1. The van der Waals surface area contributed by atoms with Gasteiger partial charge in [-0.25, -0.2) is 0 Å². The lowest BCUT2D eigenvalue weighted by molar-refractivity contribution is -0.124. The average molecular weight is 507 g/mol. The zero-order chi connectivity index (χ0) is 25.7. The Morgan fingerprint density at radius 2 is 1.84 bits per heavy atom. The second-order valence-corrected chi connectivity index (χ2v) is 9.72. The third kappa shape index (κ3) is 3.11. The minimum atomic E-state index is -1.55. The van der Waals surface area contributed by atoms with Gasteiger partial charge < -0.3 is 9.47 Å². The Morgan fingerprint density at radius 3 is 2.57 bits per heavy atom. The van der Waals surface area contributed by atoms with E-state index in [0.29, 0.717) is 46.9 Å². The second kappa shape index (κ2) is 8.65. The molecule has 0 unspecified atom stereocenters. The Kier molecular flexibility index (Phi) is 5.40. The molecule has 182 valence electrons. The first-order valence-corrected chi connectivity index (χ1v) is 12.5. The van der Waals surface area contributed by atoms with Crippen LogP contribution < -0.4 is 9.80 Å². The summed E-state index contributed by atoms with van der Waals surface area (Å²) >= 11 is 6.41. The van der Waals surface area contributed by atoms with E-state index < -0.39 is 5.41 Å². The van der Waals surface area contributed by atoms with Gasteiger partial charge in [-0.1, -0.05) is 41.9 Å². The first-order chi connectivity index (χ1) is 18.0. The molecule has 0 bridgehead atoms. The molecular formula is C30H23ClN4O2. The van der Waals surface area contributed by atoms with E-state index in [0.717, 1.165) is 11.4 Å². The van der Waals surface area contributed by atoms with E-state index in [1.807, 2.05) is 76.5 Å². The molecule has 2 aromatic carbocycles. The van der Waals surface area contributed by atoms with Crippen LogP contribution in [0.25, 0.3) is 5.82 Å². The first-order valence-electron chi connectivity index (χ1n) is 12.2. The summed E-state index contributed by atoms with van der Waals surface area (Å²) in [5, 5.41) is 11.4. The summed E-state index contributed by atoms with van der Waals surface area (Å²) in [7, 11) is 0. The number of para-hydroxylation sites is 1. The van der Waals surface area contributed by atoms with Gasteiger partial charge in [-0.2, -0.15) is 5.26 Å². The molecule has 1 atom stereocenters. The number of nitrogens with zero attached hydrogens (tertiary/aromatic N) is 4. The van der Waals surface area contributed by atoms with Gasteiger partial charge in [0.05, 0.1) is 5.57 Å². The fraction of sp³-hybridized carbons (Fsp3) is 0.167. The minimum absolute atomic E-state index is 0.115. The number of ketones is 1. The summed E-state index contributed by atoms with van der Waals surface area (Å²) in [5.74, 6) is 0.103. The largest absolute Gasteiger partial charge is 0.309 e. The van der Waals surface area contributed by atoms with Crippen molar-refractivity contribution < 1.29 is 9.59 Å². The molecule has 3 heterocycles. The van der Waals surface area contributed by atoms with E-state index in [1.54, 1.807) is 17.0 Å². The molecule has 0 N–H and O–H groups in total. The average Bonchev–Trinajstić information content (AvgIpc) is 3.52. The molecular weight excluding hydrogens is 484 g/mol. The highest BCUT2D eigenvalue weighted by Crippen LogP contribution is 2.58. The molecule has 0 saturated carbocycles. The zero-order valence-electron chi connectivity index (χ0n) is 20.0. The molecule has 1 spiro atoms. The van der Waals surface area contributed by atoms with Crippen LogP contribution in [-0.2, 0) is 15.0 Å². The summed E-state index contributed by atoms with van der Waals surface area (Å²) < 4.78 is 1.84. The normalized spacial score (nSPS) is 20.9. The van der Waals surface area contributed by atoms with E-state index >= 15 is 0 Å². The Morgan fingerprint density at radius 1 is 1.05 bits per heavy atom. The predicted octanol–water partition coefficient (Wildman–Crippen LogP) is 5.83. The topological polar surface area (TPSA) is 69.3 Å². The number of benzene rings is 2. The third-order valence-corrected chi connectivity index (χ3v) is 7.58. The number of Topliss-reactive ketones (excluding diaryl/α,β-unsaturated/α-hetero) is 1. The second-order valence-electron chi connectivity index (χ2n) is 9.29. The van der Waals surface area contributed by atoms with Gasteiger partial charge in [-0.05, 0) is 49.2 Å². The van der Waals surface area contributed by atoms with Crippen LogP contribution in [0.15, 0.2) is 103 Å². The fourth-order valence-electron chi connectivity index (χ4n) is 6.00. The zero-order valence-corrected chi connectivity index (χ0v) is 20.8. The van der Waals surface area contributed by atoms with E-state index in [2.05, 4.69) is 12.6 Å². The van der Waals surface area contributed by atoms with Gasteiger partial charge in [0.25, 0.3) is 0 Å². The van der Waals surface area contributed by atoms with Crippen molar-refractivity contribution in [2.24, 2.45) is 0 Å². The molecule has 0 radical (unpaired) electrons. The number of anilines is 2. The highest BCUT2D eigenvalue weighted by atomic mass is 35.5. The highest BCUT2D eigenvalue weighted by Gasteiger charge is 2.62. The van der Waals surface area contributed by atoms with Crippen molar-refractivity contribution in [2.45, 2.75) is 24.7 Å². The van der Waals surface area contributed by atoms with Crippen LogP contribution in [0.2, 0.25) is 5.02 Å². The van der Waals surface area contributed by atoms with Crippen molar-refractivity contribution >= 4 is 40.5 Å². The molecule has 1 amide bonds. The monoisotopic (exact) mass is 506 g/mol. The molecule has 1 aromatic heterocycles. The van der Waals surface area contributed by atoms with Gasteiger partial charge in [-0.3, -0.25) is 14.5 Å². The number of aromatic nitrogens is 1. The number of nitriles is 1. The predicted molar refractivity (Wildman–Crippen MR) is 144 cm³/mol. The SMILES string of the molecule is C=CCN1C(=O)[C@@]2(C(C#N)=C(n3cccc3)N(c3cccc(Cl)c3)C3=C2C(=O)CCC3)c2ccccc21. The number of amides is 1. The molecule has 0 fully saturated rings. The number of hydrogen-bond acceptors (Lipinski definition) is 4. The molecule has 2 aliphatic heterocycles. The number of hydrogen-bond donors (Lipinski definition) is 0. The molecule has 3 aromatic rings. The number of fused-ring (bicyclic) bond motifs is 3. The lowest BCUT2D eigenvalue weighted by atomic mass is 9.63. The van der Waals surface area contributed by atoms with E-state index in [9.17, 15) is 14.9 Å². The maximum atomic E-state index is 14.6. The van der Waals surface area contributed by atoms with Crippen molar-refractivity contribution in [3.63, 3.8) is 0 Å². The number of carbonyl (C=O) groups is 2. The third-order valence-electron chi connectivity index (χ3n) is 7.34. The highest BCUT2D eigenvalue weighted by molar-refractivity contribution is 6.31. The maximum absolute atomic E-state index is 14.6. The number of halogens is 1. The van der Waals surface area contributed by atoms with E-state index in [4.69, 9.17) is 11.6 Å². The standard InChI is InChI=1S/C30H23ClN4O2/c1-2-15-34-24-12-4-3-11-22(24)30(29(34)37)23(19-32)28(33-16-5-6-17-33)35(21-10-7-9-20(31)18-21)25-13-8-14-26(36)27(25)30/h2-7,9-12,16-18H,1,8,13-15H2/t30-/m1/s1. The van der Waals surface area contributed by atoms with E-state index in [1.165, 1.54) is 0 Å². The summed E-state index contributed by atoms with van der Waals surface area (Å²) in [6.07, 6.45) is 6.91. The van der Waals surface area contributed by atoms with Crippen LogP contribution in [0.4, 0.5) is 11.4 Å². The van der Waals surface area contributed by atoms with Crippen LogP contribution in [0.3, 0.4) is 0 Å². The van der Waals surface area contributed by atoms with Gasteiger partial charge in [0, 0.05) is 58.6 Å². The summed E-state index contributed by atoms with van der Waals surface area (Å²) in [6.45, 7) is 4.11. The van der Waals surface area contributed by atoms with Crippen LogP contribution >= 0.6 is 11.6 Å². The van der Waals surface area contributed by atoms with Crippen LogP contribution in [0, 0.1) is 11.3 Å². The van der Waals surface area contributed by atoms with Gasteiger partial charge in [-0.15, -0.1) is 6.58 Å². The van der Waals surface area contributed by atoms with Crippen molar-refractivity contribution in [3.8, 4) is 6.07 Å². The molecule has 6 nitrogen and oxygen atoms in total. The fourth-order valence-corrected chi connectivity index (χ4v) is 6.19. The molecule has 6 rings (SSSR count). The van der Waals surface area contributed by atoms with Crippen molar-refractivity contribution in [1.82, 2.24) is 4.57 Å². The van der Waals surface area contributed by atoms with E-state index in [-0.39, 0.29) is 23.8 Å². The lowest BCUT2D eigenvalue weighted by Gasteiger charge is -2.45. The summed E-state index contributed by atoms with van der Waals surface area (Å²) in [4.78, 5) is 32.0. The summed E-state index contributed by atoms with van der Waals surface area (Å²) in [6, 6.07) is 20.9. The van der Waals surface area contributed by atoms with Crippen LogP contribution in [-0.4, -0.2) is 22.8 Å². The smallest absolute Gasteiger partial charge is 0.248 e. The van der Waals surface area contributed by atoms with Crippen molar-refractivity contribution in [1.29, 1.82) is 5.26 Å². The molecule has 0 saturated heterocycles. The number of rotatable bonds is 4. The van der Waals surface area contributed by atoms with Gasteiger partial charge in [0.1, 0.15) is 17.3 Å². The first kappa shape index (κ1) is 23.1.